The zero-order valence-corrected chi connectivity index (χ0v) is 17.3. The predicted molar refractivity (Wildman–Crippen MR) is 105 cm³/mol. The van der Waals surface area contributed by atoms with Crippen molar-refractivity contribution in [3.63, 3.8) is 0 Å². The maximum atomic E-state index is 11.5. The largest absolute Gasteiger partial charge is 0.480 e. The molecule has 0 aliphatic carbocycles. The number of carbonyl (C=O) groups is 4. The molecule has 2 fully saturated rings. The molecular weight excluding hydrogens is 416 g/mol. The first-order chi connectivity index (χ1) is 14.6. The van der Waals surface area contributed by atoms with Crippen LogP contribution in [-0.4, -0.2) is 155 Å². The highest BCUT2D eigenvalue weighted by Gasteiger charge is 2.35. The van der Waals surface area contributed by atoms with E-state index in [1.165, 1.54) is 0 Å². The number of hydrogen-bond acceptors (Lipinski definition) is 9. The zero-order chi connectivity index (χ0) is 23.0. The van der Waals surface area contributed by atoms with Crippen molar-refractivity contribution in [3.05, 3.63) is 0 Å². The monoisotopic (exact) mass is 446 g/mol. The molecule has 0 aromatic carbocycles. The van der Waals surface area contributed by atoms with Gasteiger partial charge >= 0.3 is 23.9 Å². The Morgan fingerprint density at radius 2 is 0.968 bits per heavy atom. The summed E-state index contributed by atoms with van der Waals surface area (Å²) in [6, 6.07) is -0.790. The topological polar surface area (TPSA) is 171 Å². The van der Waals surface area contributed by atoms with Crippen LogP contribution in [0.3, 0.4) is 0 Å². The van der Waals surface area contributed by atoms with Crippen LogP contribution < -0.4 is 0 Å². The SMILES string of the molecule is O=C(O)CN1CCN(CC(=O)O)CC2COCC(CN(CC(=O)O)CC1)N2CC(=O)O. The molecule has 2 unspecified atom stereocenters. The van der Waals surface area contributed by atoms with Gasteiger partial charge < -0.3 is 25.2 Å². The van der Waals surface area contributed by atoms with E-state index in [0.29, 0.717) is 0 Å². The Kier molecular flexibility index (Phi) is 9.58. The van der Waals surface area contributed by atoms with Crippen molar-refractivity contribution in [1.82, 2.24) is 19.6 Å². The number of carboxylic acid groups (broad SMARTS) is 4. The Balaban J connectivity index is 2.29. The number of hydrogen-bond donors (Lipinski definition) is 4. The molecular formula is C18H30N4O9. The van der Waals surface area contributed by atoms with Crippen molar-refractivity contribution in [2.24, 2.45) is 0 Å². The first-order valence-corrected chi connectivity index (χ1v) is 10.0. The number of rotatable bonds is 8. The minimum Gasteiger partial charge on any atom is -0.480 e. The van der Waals surface area contributed by atoms with Crippen LogP contribution >= 0.6 is 0 Å². The lowest BCUT2D eigenvalue weighted by molar-refractivity contribution is -0.147. The highest BCUT2D eigenvalue weighted by molar-refractivity contribution is 5.70. The molecule has 2 aliphatic heterocycles. The lowest BCUT2D eigenvalue weighted by Crippen LogP contribution is -2.61. The molecule has 2 aliphatic rings. The first kappa shape index (κ1) is 24.9. The van der Waals surface area contributed by atoms with Gasteiger partial charge in [-0.1, -0.05) is 0 Å². The third-order valence-electron chi connectivity index (χ3n) is 5.36. The summed E-state index contributed by atoms with van der Waals surface area (Å²) in [6.07, 6.45) is 0. The second kappa shape index (κ2) is 11.9. The van der Waals surface area contributed by atoms with Crippen molar-refractivity contribution in [3.8, 4) is 0 Å². The first-order valence-electron chi connectivity index (χ1n) is 10.0. The molecule has 0 saturated carbocycles. The van der Waals surface area contributed by atoms with E-state index in [4.69, 9.17) is 4.74 Å². The number of fused-ring (bicyclic) bond motifs is 2. The second-order valence-electron chi connectivity index (χ2n) is 7.84. The van der Waals surface area contributed by atoms with Gasteiger partial charge in [-0.05, 0) is 0 Å². The highest BCUT2D eigenvalue weighted by Crippen LogP contribution is 2.17. The molecule has 0 aromatic rings. The molecule has 0 radical (unpaired) electrons. The predicted octanol–water partition coefficient (Wildman–Crippen LogP) is -2.69. The van der Waals surface area contributed by atoms with Crippen LogP contribution in [0.4, 0.5) is 0 Å². The van der Waals surface area contributed by atoms with Gasteiger partial charge in [-0.3, -0.25) is 38.8 Å². The van der Waals surface area contributed by atoms with Gasteiger partial charge in [-0.25, -0.2) is 0 Å². The van der Waals surface area contributed by atoms with Gasteiger partial charge in [-0.2, -0.15) is 0 Å². The van der Waals surface area contributed by atoms with Crippen LogP contribution in [-0.2, 0) is 23.9 Å². The number of morpholine rings is 1. The quantitative estimate of drug-likeness (QED) is 0.304. The number of nitrogens with zero attached hydrogens (tertiary/aromatic N) is 4. The van der Waals surface area contributed by atoms with Crippen molar-refractivity contribution < 1.29 is 44.3 Å². The standard InChI is InChI=1S/C18H30N4O9/c23-15(24)7-19-1-3-20(8-16(25)26)5-13-11-31-12-14(22(13)10-18(29)30)6-21(4-2-19)9-17(27)28/h13-14H,1-12H2,(H,23,24)(H,25,26)(H,27,28)(H,29,30). The van der Waals surface area contributed by atoms with Crippen molar-refractivity contribution in [1.29, 1.82) is 0 Å². The van der Waals surface area contributed by atoms with Crippen LogP contribution in [0.15, 0.2) is 0 Å². The van der Waals surface area contributed by atoms with E-state index >= 15 is 0 Å². The summed E-state index contributed by atoms with van der Waals surface area (Å²) in [6.45, 7) is 0.923. The second-order valence-corrected chi connectivity index (χ2v) is 7.84. The lowest BCUT2D eigenvalue weighted by atomic mass is 10.1. The van der Waals surface area contributed by atoms with Crippen LogP contribution in [0.25, 0.3) is 0 Å². The summed E-state index contributed by atoms with van der Waals surface area (Å²) in [4.78, 5) is 52.1. The minimum atomic E-state index is -1.04. The average molecular weight is 446 g/mol. The molecule has 31 heavy (non-hydrogen) atoms. The Morgan fingerprint density at radius 3 is 1.35 bits per heavy atom. The zero-order valence-electron chi connectivity index (χ0n) is 17.3. The van der Waals surface area contributed by atoms with Gasteiger partial charge in [0, 0.05) is 51.4 Å². The van der Waals surface area contributed by atoms with E-state index in [1.807, 2.05) is 0 Å². The van der Waals surface area contributed by atoms with Crippen LogP contribution in [0.2, 0.25) is 0 Å². The smallest absolute Gasteiger partial charge is 0.317 e. The summed E-state index contributed by atoms with van der Waals surface area (Å²) in [5, 5.41) is 37.1. The summed E-state index contributed by atoms with van der Waals surface area (Å²) in [7, 11) is 0. The van der Waals surface area contributed by atoms with Crippen molar-refractivity contribution in [2.45, 2.75) is 12.1 Å². The van der Waals surface area contributed by atoms with Crippen molar-refractivity contribution >= 4 is 23.9 Å². The molecule has 13 heteroatoms. The lowest BCUT2D eigenvalue weighted by Gasteiger charge is -2.45. The Bertz CT molecular complexity index is 624. The van der Waals surface area contributed by atoms with Crippen LogP contribution in [0.5, 0.6) is 0 Å². The van der Waals surface area contributed by atoms with Crippen LogP contribution in [0.1, 0.15) is 0 Å². The molecule has 2 atom stereocenters. The van der Waals surface area contributed by atoms with Crippen LogP contribution in [0, 0.1) is 0 Å². The third-order valence-corrected chi connectivity index (χ3v) is 5.36. The average Bonchev–Trinajstić information content (AvgIpc) is 2.63. The van der Waals surface area contributed by atoms with Gasteiger partial charge in [-0.15, -0.1) is 0 Å². The summed E-state index contributed by atoms with van der Waals surface area (Å²) in [5.41, 5.74) is 0. The molecule has 2 rings (SSSR count). The van der Waals surface area contributed by atoms with Crippen molar-refractivity contribution in [2.75, 3.05) is 78.7 Å². The van der Waals surface area contributed by atoms with Gasteiger partial charge in [0.1, 0.15) is 0 Å². The Morgan fingerprint density at radius 1 is 0.613 bits per heavy atom. The number of aliphatic carboxylic acids is 4. The maximum Gasteiger partial charge on any atom is 0.317 e. The fourth-order valence-corrected chi connectivity index (χ4v) is 4.03. The van der Waals surface area contributed by atoms with E-state index in [0.717, 1.165) is 0 Å². The molecule has 4 N–H and O–H groups in total. The summed E-state index contributed by atoms with van der Waals surface area (Å²) >= 11 is 0. The summed E-state index contributed by atoms with van der Waals surface area (Å²) in [5.74, 6) is -4.14. The molecule has 2 saturated heterocycles. The minimum absolute atomic E-state index is 0.220. The summed E-state index contributed by atoms with van der Waals surface area (Å²) < 4.78 is 5.66. The number of ether oxygens (including phenoxy) is 1. The molecule has 0 aromatic heterocycles. The molecule has 176 valence electrons. The fourth-order valence-electron chi connectivity index (χ4n) is 4.03. The van der Waals surface area contributed by atoms with E-state index < -0.39 is 36.0 Å². The molecule has 2 bridgehead atoms. The van der Waals surface area contributed by atoms with E-state index in [9.17, 15) is 39.6 Å². The molecule has 0 spiro atoms. The fraction of sp³-hybridized carbons (Fsp3) is 0.778. The molecule has 2 heterocycles. The molecule has 13 nitrogen and oxygen atoms in total. The van der Waals surface area contributed by atoms with E-state index in [-0.39, 0.29) is 78.7 Å². The number of carboxylic acids is 4. The molecule has 0 amide bonds. The van der Waals surface area contributed by atoms with Gasteiger partial charge in [0.2, 0.25) is 0 Å². The Hall–Kier alpha value is -2.32. The highest BCUT2D eigenvalue weighted by atomic mass is 16.5. The Labute approximate surface area is 179 Å². The maximum absolute atomic E-state index is 11.5. The van der Waals surface area contributed by atoms with E-state index in [1.54, 1.807) is 19.6 Å². The normalized spacial score (nSPS) is 25.3. The van der Waals surface area contributed by atoms with Gasteiger partial charge in [0.25, 0.3) is 0 Å². The van der Waals surface area contributed by atoms with Gasteiger partial charge in [0.15, 0.2) is 0 Å². The van der Waals surface area contributed by atoms with Gasteiger partial charge in [0.05, 0.1) is 39.4 Å². The van der Waals surface area contributed by atoms with E-state index in [2.05, 4.69) is 0 Å². The third kappa shape index (κ3) is 8.75.